The molecule has 0 aliphatic rings. The van der Waals surface area contributed by atoms with Crippen LogP contribution in [0.4, 0.5) is 5.95 Å². The van der Waals surface area contributed by atoms with Crippen LogP contribution in [0.5, 0.6) is 23.3 Å². The minimum absolute atomic E-state index is 0.405. The Labute approximate surface area is 165 Å². The molecule has 2 aromatic carbocycles. The third-order valence-electron chi connectivity index (χ3n) is 4.05. The van der Waals surface area contributed by atoms with Crippen LogP contribution in [-0.2, 0) is 0 Å². The van der Waals surface area contributed by atoms with E-state index in [1.54, 1.807) is 29.2 Å². The van der Waals surface area contributed by atoms with Gasteiger partial charge in [-0.05, 0) is 68.3 Å². The normalized spacial score (nSPS) is 10.3. The molecule has 0 aliphatic carbocycles. The Morgan fingerprint density at radius 3 is 1.86 bits per heavy atom. The molecule has 28 heavy (non-hydrogen) atoms. The number of anilines is 1. The van der Waals surface area contributed by atoms with Crippen molar-refractivity contribution in [1.29, 1.82) is 5.26 Å². The van der Waals surface area contributed by atoms with Gasteiger partial charge in [0.05, 0.1) is 17.2 Å². The van der Waals surface area contributed by atoms with Crippen LogP contribution in [0.1, 0.15) is 22.3 Å². The maximum atomic E-state index is 8.94. The van der Waals surface area contributed by atoms with Gasteiger partial charge >= 0.3 is 0 Å². The largest absolute Gasteiger partial charge is 0.438 e. The topological polar surface area (TPSA) is 71.3 Å². The molecule has 3 aromatic rings. The van der Waals surface area contributed by atoms with E-state index in [0.717, 1.165) is 11.1 Å². The molecule has 0 bridgehead atoms. The van der Waals surface area contributed by atoms with Gasteiger partial charge in [-0.3, -0.25) is 0 Å². The Kier molecular flexibility index (Phi) is 5.46. The maximum absolute atomic E-state index is 8.94. The van der Waals surface area contributed by atoms with Crippen molar-refractivity contribution >= 4 is 5.95 Å². The zero-order valence-corrected chi connectivity index (χ0v) is 16.6. The van der Waals surface area contributed by atoms with Gasteiger partial charge < -0.3 is 14.4 Å². The molecular formula is C22H22N4O2. The van der Waals surface area contributed by atoms with Crippen molar-refractivity contribution in [2.75, 3.05) is 19.0 Å². The quantitative estimate of drug-likeness (QED) is 0.631. The van der Waals surface area contributed by atoms with Crippen molar-refractivity contribution in [3.63, 3.8) is 0 Å². The summed E-state index contributed by atoms with van der Waals surface area (Å²) in [5.41, 5.74) is 3.49. The number of nitrogens with zero attached hydrogens (tertiary/aromatic N) is 4. The lowest BCUT2D eigenvalue weighted by atomic mass is 10.1. The average molecular weight is 374 g/mol. The summed E-state index contributed by atoms with van der Waals surface area (Å²) in [6, 6.07) is 15.0. The molecule has 0 radical (unpaired) electrons. The highest BCUT2D eigenvalue weighted by molar-refractivity contribution is 5.46. The van der Waals surface area contributed by atoms with Gasteiger partial charge in [-0.25, -0.2) is 0 Å². The highest BCUT2D eigenvalue weighted by Gasteiger charge is 2.16. The lowest BCUT2D eigenvalue weighted by Crippen LogP contribution is -2.14. The van der Waals surface area contributed by atoms with E-state index in [1.165, 1.54) is 0 Å². The minimum Gasteiger partial charge on any atom is -0.438 e. The van der Waals surface area contributed by atoms with Crippen LogP contribution in [-0.4, -0.2) is 24.1 Å². The van der Waals surface area contributed by atoms with Gasteiger partial charge in [-0.2, -0.15) is 15.2 Å². The van der Waals surface area contributed by atoms with Crippen LogP contribution in [0, 0.1) is 32.1 Å². The van der Waals surface area contributed by atoms with Crippen LogP contribution in [0.15, 0.2) is 42.5 Å². The van der Waals surface area contributed by atoms with Gasteiger partial charge in [0.2, 0.25) is 17.7 Å². The fraction of sp³-hybridized carbons (Fsp3) is 0.227. The minimum atomic E-state index is 0.405. The second-order valence-electron chi connectivity index (χ2n) is 6.82. The van der Waals surface area contributed by atoms with Gasteiger partial charge in [0.25, 0.3) is 0 Å². The van der Waals surface area contributed by atoms with Crippen LogP contribution in [0.3, 0.4) is 0 Å². The Morgan fingerprint density at radius 1 is 0.821 bits per heavy atom. The van der Waals surface area contributed by atoms with E-state index in [1.807, 2.05) is 47.0 Å². The van der Waals surface area contributed by atoms with E-state index in [9.17, 15) is 0 Å². The van der Waals surface area contributed by atoms with Crippen LogP contribution in [0.2, 0.25) is 0 Å². The number of hydrogen-bond acceptors (Lipinski definition) is 6. The average Bonchev–Trinajstić information content (AvgIpc) is 2.64. The number of rotatable bonds is 5. The molecule has 0 amide bonds. The van der Waals surface area contributed by atoms with E-state index >= 15 is 0 Å². The van der Waals surface area contributed by atoms with Crippen molar-refractivity contribution in [1.82, 2.24) is 9.97 Å². The fourth-order valence-corrected chi connectivity index (χ4v) is 2.68. The monoisotopic (exact) mass is 374 g/mol. The van der Waals surface area contributed by atoms with Gasteiger partial charge in [0.1, 0.15) is 11.5 Å². The first kappa shape index (κ1) is 19.2. The van der Waals surface area contributed by atoms with E-state index < -0.39 is 0 Å². The van der Waals surface area contributed by atoms with Gasteiger partial charge in [0.15, 0.2) is 0 Å². The number of aromatic nitrogens is 2. The smallest absolute Gasteiger partial charge is 0.231 e. The number of nitriles is 1. The van der Waals surface area contributed by atoms with Gasteiger partial charge in [-0.15, -0.1) is 0 Å². The molecule has 0 fully saturated rings. The highest BCUT2D eigenvalue weighted by Crippen LogP contribution is 2.33. The molecule has 0 saturated heterocycles. The summed E-state index contributed by atoms with van der Waals surface area (Å²) >= 11 is 0. The van der Waals surface area contributed by atoms with E-state index in [0.29, 0.717) is 40.3 Å². The fourth-order valence-electron chi connectivity index (χ4n) is 2.68. The molecule has 0 N–H and O–H groups in total. The first-order valence-corrected chi connectivity index (χ1v) is 8.86. The van der Waals surface area contributed by atoms with Crippen molar-refractivity contribution in [3.05, 3.63) is 64.7 Å². The number of ether oxygens (including phenoxy) is 2. The molecular weight excluding hydrogens is 352 g/mol. The predicted octanol–water partition coefficient (Wildman–Crippen LogP) is 4.92. The van der Waals surface area contributed by atoms with E-state index in [2.05, 4.69) is 22.1 Å². The summed E-state index contributed by atoms with van der Waals surface area (Å²) in [7, 11) is 3.72. The second kappa shape index (κ2) is 7.97. The van der Waals surface area contributed by atoms with Crippen LogP contribution >= 0.6 is 0 Å². The van der Waals surface area contributed by atoms with Gasteiger partial charge in [-0.1, -0.05) is 6.07 Å². The summed E-state index contributed by atoms with van der Waals surface area (Å²) in [5, 5.41) is 8.94. The third kappa shape index (κ3) is 4.38. The summed E-state index contributed by atoms with van der Waals surface area (Å²) < 4.78 is 12.0. The lowest BCUT2D eigenvalue weighted by molar-refractivity contribution is 0.426. The van der Waals surface area contributed by atoms with Crippen LogP contribution < -0.4 is 14.4 Å². The van der Waals surface area contributed by atoms with Crippen molar-refractivity contribution in [2.24, 2.45) is 0 Å². The molecule has 1 aromatic heterocycles. The number of benzene rings is 2. The Bertz CT molecular complexity index is 1020. The Hall–Kier alpha value is -3.59. The predicted molar refractivity (Wildman–Crippen MR) is 108 cm³/mol. The molecule has 3 rings (SSSR count). The Morgan fingerprint density at radius 2 is 1.36 bits per heavy atom. The number of aryl methyl sites for hydroxylation is 2. The molecule has 0 spiro atoms. The first-order valence-electron chi connectivity index (χ1n) is 8.86. The number of hydrogen-bond donors (Lipinski definition) is 0. The summed E-state index contributed by atoms with van der Waals surface area (Å²) in [6.07, 6.45) is 0. The molecule has 0 saturated carbocycles. The molecule has 142 valence electrons. The van der Waals surface area contributed by atoms with Gasteiger partial charge in [0, 0.05) is 14.1 Å². The third-order valence-corrected chi connectivity index (χ3v) is 4.05. The highest BCUT2D eigenvalue weighted by atomic mass is 16.5. The van der Waals surface area contributed by atoms with Crippen LogP contribution in [0.25, 0.3) is 0 Å². The first-order chi connectivity index (χ1) is 13.4. The van der Waals surface area contributed by atoms with Crippen molar-refractivity contribution < 1.29 is 9.47 Å². The second-order valence-corrected chi connectivity index (χ2v) is 6.82. The molecule has 6 heteroatoms. The molecule has 1 heterocycles. The molecule has 0 unspecified atom stereocenters. The summed E-state index contributed by atoms with van der Waals surface area (Å²) in [4.78, 5) is 10.8. The zero-order chi connectivity index (χ0) is 20.3. The van der Waals surface area contributed by atoms with Crippen molar-refractivity contribution in [2.45, 2.75) is 20.8 Å². The van der Waals surface area contributed by atoms with Crippen molar-refractivity contribution in [3.8, 4) is 29.3 Å². The standard InChI is InChI=1S/C22H22N4O2/c1-14-10-15(2)12-19(11-14)28-21-16(3)20(24-22(25-21)26(4)5)27-18-8-6-17(13-23)7-9-18/h6-12H,1-5H3. The SMILES string of the molecule is Cc1cc(C)cc(Oc2nc(N(C)C)nc(Oc3ccc(C#N)cc3)c2C)c1. The summed E-state index contributed by atoms with van der Waals surface area (Å²) in [6.45, 7) is 5.91. The Balaban J connectivity index is 1.98. The molecule has 0 aliphatic heterocycles. The molecule has 0 atom stereocenters. The summed E-state index contributed by atoms with van der Waals surface area (Å²) in [5.74, 6) is 2.62. The van der Waals surface area contributed by atoms with E-state index in [4.69, 9.17) is 14.7 Å². The lowest BCUT2D eigenvalue weighted by Gasteiger charge is -2.17. The molecule has 6 nitrogen and oxygen atoms in total. The van der Waals surface area contributed by atoms with E-state index in [-0.39, 0.29) is 0 Å². The maximum Gasteiger partial charge on any atom is 0.231 e. The zero-order valence-electron chi connectivity index (χ0n) is 16.6.